The van der Waals surface area contributed by atoms with Gasteiger partial charge in [-0.25, -0.2) is 0 Å². The van der Waals surface area contributed by atoms with Crippen LogP contribution in [0, 0.1) is 5.92 Å². The van der Waals surface area contributed by atoms with Gasteiger partial charge in [-0.3, -0.25) is 14.5 Å². The third kappa shape index (κ3) is 4.42. The lowest BCUT2D eigenvalue weighted by atomic mass is 9.91. The van der Waals surface area contributed by atoms with Crippen molar-refractivity contribution in [2.45, 2.75) is 45.8 Å². The number of nitrogens with one attached hydrogen (secondary N) is 2. The molecule has 0 saturated heterocycles. The predicted octanol–water partition coefficient (Wildman–Crippen LogP) is 4.14. The summed E-state index contributed by atoms with van der Waals surface area (Å²) in [6.45, 7) is 7.59. The molecular weight excluding hydrogens is 404 g/mol. The van der Waals surface area contributed by atoms with Crippen LogP contribution in [0.5, 0.6) is 5.88 Å². The Kier molecular flexibility index (Phi) is 6.33. The van der Waals surface area contributed by atoms with Gasteiger partial charge in [0.05, 0.1) is 11.7 Å². The molecule has 7 nitrogen and oxygen atoms in total. The zero-order valence-corrected chi connectivity index (χ0v) is 18.6. The molecule has 1 aromatic heterocycles. The van der Waals surface area contributed by atoms with E-state index in [-0.39, 0.29) is 29.7 Å². The minimum Gasteiger partial charge on any atom is -0.460 e. The largest absolute Gasteiger partial charge is 0.460 e. The fourth-order valence-electron chi connectivity index (χ4n) is 3.50. The Balaban J connectivity index is 2.06. The molecule has 2 N–H and O–H groups in total. The molecule has 1 aliphatic heterocycles. The van der Waals surface area contributed by atoms with Gasteiger partial charge in [0.2, 0.25) is 11.8 Å². The van der Waals surface area contributed by atoms with Crippen LogP contribution in [0.4, 0.5) is 17.2 Å². The first-order valence-electron chi connectivity index (χ1n) is 9.93. The lowest BCUT2D eigenvalue weighted by Gasteiger charge is -2.40. The molecule has 2 atom stereocenters. The Labute approximate surface area is 181 Å². The molecule has 3 rings (SSSR count). The first-order valence-corrected chi connectivity index (χ1v) is 10.3. The monoisotopic (exact) mass is 430 g/mol. The van der Waals surface area contributed by atoms with E-state index in [1.165, 1.54) is 0 Å². The topological polar surface area (TPSA) is 83.6 Å². The summed E-state index contributed by atoms with van der Waals surface area (Å²) in [4.78, 5) is 31.8. The van der Waals surface area contributed by atoms with Crippen molar-refractivity contribution in [1.82, 2.24) is 10.3 Å². The quantitative estimate of drug-likeness (QED) is 0.719. The van der Waals surface area contributed by atoms with Gasteiger partial charge in [-0.15, -0.1) is 0 Å². The summed E-state index contributed by atoms with van der Waals surface area (Å²) in [6.07, 6.45) is 0.511. The van der Waals surface area contributed by atoms with Crippen LogP contribution >= 0.6 is 11.6 Å². The number of aromatic nitrogens is 1. The van der Waals surface area contributed by atoms with E-state index in [9.17, 15) is 9.59 Å². The molecule has 8 heteroatoms. The summed E-state index contributed by atoms with van der Waals surface area (Å²) in [7, 11) is 1.71. The van der Waals surface area contributed by atoms with Crippen LogP contribution in [-0.2, 0) is 9.59 Å². The Morgan fingerprint density at radius 2 is 2.00 bits per heavy atom. The fourth-order valence-corrected chi connectivity index (χ4v) is 3.68. The van der Waals surface area contributed by atoms with E-state index in [0.29, 0.717) is 28.6 Å². The fraction of sp³-hybridized carbons (Fsp3) is 0.409. The molecule has 0 fully saturated rings. The van der Waals surface area contributed by atoms with E-state index >= 15 is 0 Å². The summed E-state index contributed by atoms with van der Waals surface area (Å²) >= 11 is 6.18. The number of likely N-dealkylation sites (N-methyl/N-ethyl adjacent to an activating group) is 1. The van der Waals surface area contributed by atoms with E-state index in [1.54, 1.807) is 56.1 Å². The smallest absolute Gasteiger partial charge is 0.275 e. The molecule has 0 saturated carbocycles. The van der Waals surface area contributed by atoms with Gasteiger partial charge in [-0.2, -0.15) is 4.98 Å². The maximum Gasteiger partial charge on any atom is 0.275 e. The number of fused-ring (bicyclic) bond motifs is 1. The lowest BCUT2D eigenvalue weighted by Crippen LogP contribution is -2.53. The molecule has 1 unspecified atom stereocenters. The number of hydrogen-bond donors (Lipinski definition) is 2. The minimum atomic E-state index is -1.10. The van der Waals surface area contributed by atoms with E-state index < -0.39 is 5.60 Å². The number of nitrogens with zero attached hydrogens (tertiary/aromatic N) is 2. The highest BCUT2D eigenvalue weighted by atomic mass is 35.5. The van der Waals surface area contributed by atoms with Gasteiger partial charge >= 0.3 is 0 Å². The summed E-state index contributed by atoms with van der Waals surface area (Å²) < 4.78 is 6.13. The van der Waals surface area contributed by atoms with Crippen molar-refractivity contribution in [2.75, 3.05) is 17.3 Å². The van der Waals surface area contributed by atoms with E-state index in [4.69, 9.17) is 16.3 Å². The van der Waals surface area contributed by atoms with Crippen LogP contribution in [-0.4, -0.2) is 35.5 Å². The van der Waals surface area contributed by atoms with E-state index in [1.807, 2.05) is 19.9 Å². The van der Waals surface area contributed by atoms with E-state index in [0.717, 1.165) is 0 Å². The van der Waals surface area contributed by atoms with Crippen molar-refractivity contribution >= 4 is 40.6 Å². The molecule has 1 aromatic carbocycles. The molecule has 30 heavy (non-hydrogen) atoms. The minimum absolute atomic E-state index is 0.187. The normalized spacial score (nSPS) is 19.3. The van der Waals surface area contributed by atoms with Crippen molar-refractivity contribution in [1.29, 1.82) is 0 Å². The molecule has 2 heterocycles. The second-order valence-corrected chi connectivity index (χ2v) is 8.51. The van der Waals surface area contributed by atoms with Crippen molar-refractivity contribution in [3.63, 3.8) is 0 Å². The zero-order chi connectivity index (χ0) is 22.1. The van der Waals surface area contributed by atoms with Crippen molar-refractivity contribution < 1.29 is 14.3 Å². The second-order valence-electron chi connectivity index (χ2n) is 8.07. The number of carbonyl (C=O) groups excluding carboxylic acids is 2. The molecule has 0 spiro atoms. The summed E-state index contributed by atoms with van der Waals surface area (Å²) in [5, 5.41) is 6.18. The standard InChI is InChI=1S/C22H27ClN4O3/c1-13(2)12-22(4)21(29)27(16-8-6-7-15(23)11-16)17-9-10-18(26-20(17)30-22)25-19(28)14(3)24-5/h6-11,13-14,24H,12H2,1-5H3,(H,25,26,28)/t14-,22?/m0/s1. The van der Waals surface area contributed by atoms with Crippen LogP contribution in [0.25, 0.3) is 0 Å². The number of pyridine rings is 1. The highest BCUT2D eigenvalue weighted by molar-refractivity contribution is 6.31. The SMILES string of the molecule is CN[C@@H](C)C(=O)Nc1ccc2c(n1)OC(C)(CC(C)C)C(=O)N2c1cccc(Cl)c1. The Bertz CT molecular complexity index is 965. The Hall–Kier alpha value is -2.64. The molecule has 2 aromatic rings. The first-order chi connectivity index (χ1) is 14.1. The molecule has 0 aliphatic carbocycles. The number of anilines is 3. The summed E-state index contributed by atoms with van der Waals surface area (Å²) in [5.41, 5.74) is 0.0368. The average molecular weight is 431 g/mol. The molecule has 0 bridgehead atoms. The molecule has 1 aliphatic rings. The Morgan fingerprint density at radius 3 is 2.63 bits per heavy atom. The summed E-state index contributed by atoms with van der Waals surface area (Å²) in [5.74, 6) is 0.462. The molecule has 160 valence electrons. The van der Waals surface area contributed by atoms with Crippen LogP contribution in [0.2, 0.25) is 5.02 Å². The van der Waals surface area contributed by atoms with E-state index in [2.05, 4.69) is 15.6 Å². The van der Waals surface area contributed by atoms with Gasteiger partial charge in [0.15, 0.2) is 5.60 Å². The number of halogens is 1. The number of benzene rings is 1. The maximum absolute atomic E-state index is 13.5. The van der Waals surface area contributed by atoms with Gasteiger partial charge in [-0.1, -0.05) is 31.5 Å². The number of hydrogen-bond acceptors (Lipinski definition) is 5. The van der Waals surface area contributed by atoms with Crippen LogP contribution in [0.15, 0.2) is 36.4 Å². The Morgan fingerprint density at radius 1 is 1.27 bits per heavy atom. The number of carbonyl (C=O) groups is 2. The maximum atomic E-state index is 13.5. The third-order valence-electron chi connectivity index (χ3n) is 5.00. The zero-order valence-electron chi connectivity index (χ0n) is 17.8. The lowest BCUT2D eigenvalue weighted by molar-refractivity contribution is -0.134. The number of ether oxygens (including phenoxy) is 1. The highest BCUT2D eigenvalue weighted by Crippen LogP contribution is 2.43. The van der Waals surface area contributed by atoms with Crippen LogP contribution in [0.3, 0.4) is 0 Å². The molecular formula is C22H27ClN4O3. The van der Waals surface area contributed by atoms with Crippen LogP contribution < -0.4 is 20.3 Å². The van der Waals surface area contributed by atoms with Crippen molar-refractivity contribution in [3.8, 4) is 5.88 Å². The second kappa shape index (κ2) is 8.62. The highest BCUT2D eigenvalue weighted by Gasteiger charge is 2.46. The van der Waals surface area contributed by atoms with Gasteiger partial charge in [0.1, 0.15) is 11.5 Å². The average Bonchev–Trinajstić information content (AvgIpc) is 2.67. The van der Waals surface area contributed by atoms with Gasteiger partial charge < -0.3 is 15.4 Å². The van der Waals surface area contributed by atoms with Crippen molar-refractivity contribution in [2.24, 2.45) is 5.92 Å². The predicted molar refractivity (Wildman–Crippen MR) is 118 cm³/mol. The van der Waals surface area contributed by atoms with Gasteiger partial charge in [0, 0.05) is 5.02 Å². The summed E-state index contributed by atoms with van der Waals surface area (Å²) in [6, 6.07) is 10.1. The first kappa shape index (κ1) is 22.1. The third-order valence-corrected chi connectivity index (χ3v) is 5.24. The van der Waals surface area contributed by atoms with Gasteiger partial charge in [0.25, 0.3) is 5.91 Å². The van der Waals surface area contributed by atoms with Crippen molar-refractivity contribution in [3.05, 3.63) is 41.4 Å². The molecule has 0 radical (unpaired) electrons. The molecule has 2 amide bonds. The van der Waals surface area contributed by atoms with Gasteiger partial charge in [-0.05, 0) is 63.6 Å². The number of amides is 2. The van der Waals surface area contributed by atoms with Crippen LogP contribution in [0.1, 0.15) is 34.1 Å². The number of rotatable bonds is 6.